The van der Waals surface area contributed by atoms with Gasteiger partial charge in [0.25, 0.3) is 0 Å². The van der Waals surface area contributed by atoms with Gasteiger partial charge in [0.15, 0.2) is 0 Å². The van der Waals surface area contributed by atoms with Crippen LogP contribution in [0.25, 0.3) is 0 Å². The van der Waals surface area contributed by atoms with E-state index in [0.29, 0.717) is 0 Å². The topological polar surface area (TPSA) is 0 Å². The molecule has 0 heterocycles. The summed E-state index contributed by atoms with van der Waals surface area (Å²) in [4.78, 5) is 0. The minimum Gasteiger partial charge on any atom is -0.0826 e. The Kier molecular flexibility index (Phi) is 2.98. The van der Waals surface area contributed by atoms with Gasteiger partial charge in [0.05, 0.1) is 0 Å². The lowest BCUT2D eigenvalue weighted by atomic mass is 9.65. The molecule has 1 spiro atoms. The van der Waals surface area contributed by atoms with Crippen molar-refractivity contribution in [2.75, 3.05) is 0 Å². The molecule has 0 amide bonds. The first-order valence-corrected chi connectivity index (χ1v) is 6.69. The predicted octanol–water partition coefficient (Wildman–Crippen LogP) is 4.31. The van der Waals surface area contributed by atoms with Crippen LogP contribution in [-0.4, -0.2) is 3.92 Å². The maximum atomic E-state index is 2.64. The highest BCUT2D eigenvalue weighted by Gasteiger charge is 2.35. The molecule has 1 heteroatoms. The zero-order valence-electron chi connectivity index (χ0n) is 7.82. The molecule has 70 valence electrons. The van der Waals surface area contributed by atoms with Gasteiger partial charge in [-0.15, -0.1) is 0 Å². The smallest absolute Gasteiger partial charge is 0.0110 e. The summed E-state index contributed by atoms with van der Waals surface area (Å²) in [6.07, 6.45) is 13.7. The van der Waals surface area contributed by atoms with Gasteiger partial charge in [0, 0.05) is 3.92 Å². The maximum Gasteiger partial charge on any atom is 0.0110 e. The summed E-state index contributed by atoms with van der Waals surface area (Å²) in [5.41, 5.74) is 0.833. The van der Waals surface area contributed by atoms with Crippen molar-refractivity contribution in [3.63, 3.8) is 0 Å². The molecule has 0 aliphatic heterocycles. The second-order valence-corrected chi connectivity index (χ2v) is 6.50. The SMILES string of the molecule is IC1CCC2(CCCCC2)CC1. The molecule has 2 rings (SSSR count). The van der Waals surface area contributed by atoms with Crippen molar-refractivity contribution >= 4 is 22.6 Å². The Morgan fingerprint density at radius 3 is 2.00 bits per heavy atom. The predicted molar refractivity (Wildman–Crippen MR) is 61.8 cm³/mol. The van der Waals surface area contributed by atoms with E-state index in [4.69, 9.17) is 0 Å². The van der Waals surface area contributed by atoms with Gasteiger partial charge in [0.1, 0.15) is 0 Å². The highest BCUT2D eigenvalue weighted by molar-refractivity contribution is 14.1. The second kappa shape index (κ2) is 3.85. The average Bonchev–Trinajstić information content (AvgIpc) is 2.13. The summed E-state index contributed by atoms with van der Waals surface area (Å²) < 4.78 is 0.996. The van der Waals surface area contributed by atoms with Crippen LogP contribution in [0.1, 0.15) is 57.8 Å². The summed E-state index contributed by atoms with van der Waals surface area (Å²) in [7, 11) is 0. The van der Waals surface area contributed by atoms with Crippen LogP contribution < -0.4 is 0 Å². The Hall–Kier alpha value is 0.730. The van der Waals surface area contributed by atoms with E-state index in [1.807, 2.05) is 0 Å². The molecule has 0 nitrogen and oxygen atoms in total. The summed E-state index contributed by atoms with van der Waals surface area (Å²) in [6, 6.07) is 0. The Balaban J connectivity index is 1.92. The van der Waals surface area contributed by atoms with Gasteiger partial charge in [-0.1, -0.05) is 41.9 Å². The number of rotatable bonds is 0. The molecule has 0 saturated heterocycles. The molecule has 2 aliphatic carbocycles. The standard InChI is InChI=1S/C11H19I/c12-10-4-8-11(9-5-10)6-2-1-3-7-11/h10H,1-9H2. The first kappa shape index (κ1) is 9.29. The van der Waals surface area contributed by atoms with Crippen LogP contribution in [0.2, 0.25) is 0 Å². The lowest BCUT2D eigenvalue weighted by molar-refractivity contribution is 0.129. The molecule has 2 saturated carbocycles. The second-order valence-electron chi connectivity index (χ2n) is 4.74. The van der Waals surface area contributed by atoms with Crippen LogP contribution in [0.15, 0.2) is 0 Å². The summed E-state index contributed by atoms with van der Waals surface area (Å²) in [5, 5.41) is 0. The van der Waals surface area contributed by atoms with Crippen molar-refractivity contribution in [2.45, 2.75) is 61.7 Å². The monoisotopic (exact) mass is 278 g/mol. The third kappa shape index (κ3) is 1.97. The van der Waals surface area contributed by atoms with Crippen molar-refractivity contribution < 1.29 is 0 Å². The van der Waals surface area contributed by atoms with Gasteiger partial charge < -0.3 is 0 Å². The minimum absolute atomic E-state index is 0.833. The summed E-state index contributed by atoms with van der Waals surface area (Å²) in [6.45, 7) is 0. The molecule has 0 aromatic rings. The maximum absolute atomic E-state index is 2.64. The first-order chi connectivity index (χ1) is 5.81. The van der Waals surface area contributed by atoms with Crippen LogP contribution >= 0.6 is 22.6 Å². The number of hydrogen-bond acceptors (Lipinski definition) is 0. The van der Waals surface area contributed by atoms with Crippen molar-refractivity contribution in [1.29, 1.82) is 0 Å². The van der Waals surface area contributed by atoms with E-state index in [9.17, 15) is 0 Å². The Bertz CT molecular complexity index is 137. The van der Waals surface area contributed by atoms with Crippen molar-refractivity contribution in [3.8, 4) is 0 Å². The van der Waals surface area contributed by atoms with Crippen LogP contribution in [0.3, 0.4) is 0 Å². The molecule has 0 atom stereocenters. The van der Waals surface area contributed by atoms with Crippen LogP contribution in [0.5, 0.6) is 0 Å². The van der Waals surface area contributed by atoms with Gasteiger partial charge in [-0.25, -0.2) is 0 Å². The third-order valence-electron chi connectivity index (χ3n) is 3.89. The van der Waals surface area contributed by atoms with Gasteiger partial charge in [0.2, 0.25) is 0 Å². The fraction of sp³-hybridized carbons (Fsp3) is 1.00. The first-order valence-electron chi connectivity index (χ1n) is 5.45. The average molecular weight is 278 g/mol. The molecule has 0 bridgehead atoms. The molecule has 0 aromatic heterocycles. The van der Waals surface area contributed by atoms with E-state index in [2.05, 4.69) is 22.6 Å². The normalized spacial score (nSPS) is 30.8. The van der Waals surface area contributed by atoms with E-state index >= 15 is 0 Å². The number of halogens is 1. The van der Waals surface area contributed by atoms with E-state index in [1.54, 1.807) is 25.7 Å². The lowest BCUT2D eigenvalue weighted by Crippen LogP contribution is -2.29. The fourth-order valence-corrected chi connectivity index (χ4v) is 3.62. The Morgan fingerprint density at radius 1 is 0.833 bits per heavy atom. The fourth-order valence-electron chi connectivity index (χ4n) is 3.00. The summed E-state index contributed by atoms with van der Waals surface area (Å²) in [5.74, 6) is 0. The third-order valence-corrected chi connectivity index (χ3v) is 5.14. The van der Waals surface area contributed by atoms with Crippen LogP contribution in [0, 0.1) is 5.41 Å². The Morgan fingerprint density at radius 2 is 1.42 bits per heavy atom. The zero-order chi connectivity index (χ0) is 8.44. The molecule has 2 aliphatic rings. The van der Waals surface area contributed by atoms with Crippen LogP contribution in [-0.2, 0) is 0 Å². The number of hydrogen-bond donors (Lipinski definition) is 0. The highest BCUT2D eigenvalue weighted by Crippen LogP contribution is 2.48. The van der Waals surface area contributed by atoms with E-state index in [0.717, 1.165) is 9.34 Å². The Labute approximate surface area is 89.6 Å². The molecular formula is C11H19I. The molecular weight excluding hydrogens is 259 g/mol. The number of alkyl halides is 1. The molecule has 0 N–H and O–H groups in total. The van der Waals surface area contributed by atoms with E-state index in [-0.39, 0.29) is 0 Å². The molecule has 12 heavy (non-hydrogen) atoms. The largest absolute Gasteiger partial charge is 0.0826 e. The van der Waals surface area contributed by atoms with Gasteiger partial charge >= 0.3 is 0 Å². The minimum atomic E-state index is 0.833. The molecule has 2 fully saturated rings. The van der Waals surface area contributed by atoms with E-state index < -0.39 is 0 Å². The molecule has 0 aromatic carbocycles. The highest BCUT2D eigenvalue weighted by atomic mass is 127. The molecule has 0 radical (unpaired) electrons. The summed E-state index contributed by atoms with van der Waals surface area (Å²) >= 11 is 2.64. The quantitative estimate of drug-likeness (QED) is 0.457. The molecule has 0 unspecified atom stereocenters. The van der Waals surface area contributed by atoms with Gasteiger partial charge in [-0.3, -0.25) is 0 Å². The lowest BCUT2D eigenvalue weighted by Gasteiger charge is -2.42. The van der Waals surface area contributed by atoms with E-state index in [1.165, 1.54) is 32.1 Å². The van der Waals surface area contributed by atoms with Crippen LogP contribution in [0.4, 0.5) is 0 Å². The zero-order valence-corrected chi connectivity index (χ0v) is 9.98. The van der Waals surface area contributed by atoms with Crippen molar-refractivity contribution in [2.24, 2.45) is 5.41 Å². The van der Waals surface area contributed by atoms with Gasteiger partial charge in [-0.2, -0.15) is 0 Å². The van der Waals surface area contributed by atoms with Gasteiger partial charge in [-0.05, 0) is 43.9 Å². The van der Waals surface area contributed by atoms with Crippen molar-refractivity contribution in [3.05, 3.63) is 0 Å². The van der Waals surface area contributed by atoms with Crippen molar-refractivity contribution in [1.82, 2.24) is 0 Å².